The van der Waals surface area contributed by atoms with Gasteiger partial charge in [0.05, 0.1) is 11.2 Å². The van der Waals surface area contributed by atoms with Gasteiger partial charge in [0.25, 0.3) is 0 Å². The minimum absolute atomic E-state index is 0. The smallest absolute Gasteiger partial charge is 0.244 e. The first-order valence-electron chi connectivity index (χ1n) is 6.57. The van der Waals surface area contributed by atoms with Crippen LogP contribution >= 0.6 is 12.4 Å². The van der Waals surface area contributed by atoms with Crippen LogP contribution < -0.4 is 11.1 Å². The molecule has 110 valence electrons. The molecule has 1 saturated carbocycles. The number of nitrogens with two attached hydrogens (primary N) is 1. The van der Waals surface area contributed by atoms with E-state index in [9.17, 15) is 4.79 Å². The minimum Gasteiger partial charge on any atom is -0.324 e. The highest BCUT2D eigenvalue weighted by molar-refractivity contribution is 6.00. The fraction of sp³-hybridized carbons (Fsp3) is 0.267. The predicted molar refractivity (Wildman–Crippen MR) is 84.2 cm³/mol. The molecule has 0 bridgehead atoms. The number of nitrogens with zero attached hydrogens (tertiary/aromatic N) is 2. The summed E-state index contributed by atoms with van der Waals surface area (Å²) < 4.78 is 0. The molecule has 1 fully saturated rings. The number of anilines is 1. The number of aryl methyl sites for hydroxylation is 1. The van der Waals surface area contributed by atoms with Crippen molar-refractivity contribution in [2.24, 2.45) is 5.73 Å². The van der Waals surface area contributed by atoms with E-state index in [0.29, 0.717) is 0 Å². The van der Waals surface area contributed by atoms with E-state index in [1.807, 2.05) is 37.3 Å². The lowest BCUT2D eigenvalue weighted by Gasteiger charge is -2.11. The van der Waals surface area contributed by atoms with Crippen LogP contribution in [0.2, 0.25) is 0 Å². The van der Waals surface area contributed by atoms with Gasteiger partial charge in [0, 0.05) is 17.4 Å². The third kappa shape index (κ3) is 3.37. The Labute approximate surface area is 129 Å². The molecule has 1 aliphatic rings. The molecule has 1 aromatic carbocycles. The number of amides is 1. The maximum absolute atomic E-state index is 11.9. The summed E-state index contributed by atoms with van der Waals surface area (Å²) in [5, 5.41) is 2.86. The van der Waals surface area contributed by atoms with Crippen LogP contribution in [0.15, 0.2) is 36.5 Å². The van der Waals surface area contributed by atoms with E-state index < -0.39 is 5.54 Å². The Hall–Kier alpha value is -1.98. The molecule has 2 aromatic rings. The standard InChI is InChI=1S/C15H16N4O.ClH/c1-10-17-8-5-13(18-10)11-3-2-4-12(9-11)19-14(20)15(16)6-7-15;/h2-5,8-9H,6-7,16H2,1H3,(H,19,20);1H. The number of carbonyl (C=O) groups excluding carboxylic acids is 1. The topological polar surface area (TPSA) is 80.9 Å². The highest BCUT2D eigenvalue weighted by Gasteiger charge is 2.45. The Morgan fingerprint density at radius 2 is 2.10 bits per heavy atom. The summed E-state index contributed by atoms with van der Waals surface area (Å²) in [6.45, 7) is 1.85. The second-order valence-corrected chi connectivity index (χ2v) is 5.18. The van der Waals surface area contributed by atoms with Crippen LogP contribution in [0.5, 0.6) is 0 Å². The highest BCUT2D eigenvalue weighted by Crippen LogP contribution is 2.33. The van der Waals surface area contributed by atoms with Crippen molar-refractivity contribution in [3.05, 3.63) is 42.4 Å². The van der Waals surface area contributed by atoms with Crippen LogP contribution in [-0.2, 0) is 4.79 Å². The van der Waals surface area contributed by atoms with E-state index in [1.54, 1.807) is 6.20 Å². The summed E-state index contributed by atoms with van der Waals surface area (Å²) in [5.41, 5.74) is 7.72. The van der Waals surface area contributed by atoms with Gasteiger partial charge in [-0.1, -0.05) is 12.1 Å². The molecule has 1 aliphatic carbocycles. The molecule has 0 aliphatic heterocycles. The molecule has 0 unspecified atom stereocenters. The number of benzene rings is 1. The Bertz CT molecular complexity index is 670. The zero-order valence-electron chi connectivity index (χ0n) is 11.7. The van der Waals surface area contributed by atoms with Gasteiger partial charge < -0.3 is 11.1 Å². The van der Waals surface area contributed by atoms with Gasteiger partial charge in [-0.2, -0.15) is 0 Å². The van der Waals surface area contributed by atoms with Crippen molar-refractivity contribution < 1.29 is 4.79 Å². The Morgan fingerprint density at radius 1 is 1.33 bits per heavy atom. The Kier molecular flexibility index (Phi) is 4.25. The number of halogens is 1. The number of hydrogen-bond acceptors (Lipinski definition) is 4. The van der Waals surface area contributed by atoms with Crippen LogP contribution in [0.25, 0.3) is 11.3 Å². The maximum atomic E-state index is 11.9. The summed E-state index contributed by atoms with van der Waals surface area (Å²) in [6.07, 6.45) is 3.23. The van der Waals surface area contributed by atoms with Gasteiger partial charge in [-0.3, -0.25) is 4.79 Å². The first kappa shape index (κ1) is 15.4. The van der Waals surface area contributed by atoms with Gasteiger partial charge in [0.1, 0.15) is 5.82 Å². The Balaban J connectivity index is 0.00000161. The zero-order chi connectivity index (χ0) is 14.2. The first-order valence-corrected chi connectivity index (χ1v) is 6.57. The molecular formula is C15H17ClN4O. The van der Waals surface area contributed by atoms with Crippen LogP contribution in [0.3, 0.4) is 0 Å². The molecular weight excluding hydrogens is 288 g/mol. The molecule has 6 heteroatoms. The van der Waals surface area contributed by atoms with Gasteiger partial charge in [0.15, 0.2) is 0 Å². The molecule has 3 N–H and O–H groups in total. The molecule has 21 heavy (non-hydrogen) atoms. The summed E-state index contributed by atoms with van der Waals surface area (Å²) in [4.78, 5) is 20.4. The predicted octanol–water partition coefficient (Wildman–Crippen LogP) is 2.30. The summed E-state index contributed by atoms with van der Waals surface area (Å²) in [7, 11) is 0. The quantitative estimate of drug-likeness (QED) is 0.911. The van der Waals surface area contributed by atoms with E-state index in [0.717, 1.165) is 35.6 Å². The third-order valence-corrected chi connectivity index (χ3v) is 3.43. The SMILES string of the molecule is Cc1nccc(-c2cccc(NC(=O)C3(N)CC3)c2)n1.Cl. The molecule has 5 nitrogen and oxygen atoms in total. The Morgan fingerprint density at radius 3 is 2.76 bits per heavy atom. The molecule has 0 radical (unpaired) electrons. The average Bonchev–Trinajstić information content (AvgIpc) is 3.18. The number of carbonyl (C=O) groups is 1. The van der Waals surface area contributed by atoms with Crippen LogP contribution in [-0.4, -0.2) is 21.4 Å². The van der Waals surface area contributed by atoms with Crippen molar-refractivity contribution in [2.45, 2.75) is 25.3 Å². The van der Waals surface area contributed by atoms with Gasteiger partial charge in [-0.05, 0) is 38.0 Å². The molecule has 0 saturated heterocycles. The third-order valence-electron chi connectivity index (χ3n) is 3.43. The average molecular weight is 305 g/mol. The van der Waals surface area contributed by atoms with Crippen molar-refractivity contribution in [3.63, 3.8) is 0 Å². The second kappa shape index (κ2) is 5.79. The number of rotatable bonds is 3. The summed E-state index contributed by atoms with van der Waals surface area (Å²) in [5.74, 6) is 0.601. The second-order valence-electron chi connectivity index (χ2n) is 5.18. The lowest BCUT2D eigenvalue weighted by Crippen LogP contribution is -2.37. The van der Waals surface area contributed by atoms with Crippen molar-refractivity contribution >= 4 is 24.0 Å². The van der Waals surface area contributed by atoms with E-state index >= 15 is 0 Å². The van der Waals surface area contributed by atoms with Gasteiger partial charge >= 0.3 is 0 Å². The zero-order valence-corrected chi connectivity index (χ0v) is 12.5. The highest BCUT2D eigenvalue weighted by atomic mass is 35.5. The van der Waals surface area contributed by atoms with E-state index in [1.165, 1.54) is 0 Å². The molecule has 1 heterocycles. The normalized spacial score (nSPS) is 15.0. The van der Waals surface area contributed by atoms with Gasteiger partial charge in [-0.15, -0.1) is 12.4 Å². The molecule has 3 rings (SSSR count). The monoisotopic (exact) mass is 304 g/mol. The molecule has 1 amide bonds. The fourth-order valence-corrected chi connectivity index (χ4v) is 1.99. The number of aromatic nitrogens is 2. The first-order chi connectivity index (χ1) is 9.57. The minimum atomic E-state index is -0.665. The van der Waals surface area contributed by atoms with Crippen molar-refractivity contribution in [1.29, 1.82) is 0 Å². The lowest BCUT2D eigenvalue weighted by molar-refractivity contribution is -0.118. The van der Waals surface area contributed by atoms with Crippen LogP contribution in [0.4, 0.5) is 5.69 Å². The van der Waals surface area contributed by atoms with Crippen molar-refractivity contribution in [1.82, 2.24) is 9.97 Å². The lowest BCUT2D eigenvalue weighted by atomic mass is 10.1. The van der Waals surface area contributed by atoms with Crippen LogP contribution in [0, 0.1) is 6.92 Å². The summed E-state index contributed by atoms with van der Waals surface area (Å²) >= 11 is 0. The van der Waals surface area contributed by atoms with E-state index in [4.69, 9.17) is 5.73 Å². The molecule has 1 aromatic heterocycles. The van der Waals surface area contributed by atoms with Crippen LogP contribution in [0.1, 0.15) is 18.7 Å². The van der Waals surface area contributed by atoms with Gasteiger partial charge in [0.2, 0.25) is 5.91 Å². The van der Waals surface area contributed by atoms with Crippen molar-refractivity contribution in [2.75, 3.05) is 5.32 Å². The van der Waals surface area contributed by atoms with E-state index in [2.05, 4.69) is 15.3 Å². The maximum Gasteiger partial charge on any atom is 0.244 e. The number of hydrogen-bond donors (Lipinski definition) is 2. The summed E-state index contributed by atoms with van der Waals surface area (Å²) in [6, 6.07) is 9.43. The molecule has 0 atom stereocenters. The molecule has 0 spiro atoms. The van der Waals surface area contributed by atoms with Crippen molar-refractivity contribution in [3.8, 4) is 11.3 Å². The van der Waals surface area contributed by atoms with E-state index in [-0.39, 0.29) is 18.3 Å². The fourth-order valence-electron chi connectivity index (χ4n) is 1.99. The van der Waals surface area contributed by atoms with Gasteiger partial charge in [-0.25, -0.2) is 9.97 Å². The largest absolute Gasteiger partial charge is 0.324 e. The number of nitrogens with one attached hydrogen (secondary N) is 1.